The molecule has 0 atom stereocenters. The molecule has 3 aromatic rings. The number of aryl methyl sites for hydroxylation is 2. The van der Waals surface area contributed by atoms with E-state index in [9.17, 15) is 4.79 Å². The van der Waals surface area contributed by atoms with E-state index >= 15 is 0 Å². The summed E-state index contributed by atoms with van der Waals surface area (Å²) in [6.45, 7) is 4.69. The zero-order valence-corrected chi connectivity index (χ0v) is 14.4. The van der Waals surface area contributed by atoms with E-state index in [2.05, 4.69) is 9.97 Å². The highest BCUT2D eigenvalue weighted by molar-refractivity contribution is 5.78. The number of carbonyl (C=O) groups is 1. The van der Waals surface area contributed by atoms with Crippen LogP contribution in [0.2, 0.25) is 0 Å². The predicted molar refractivity (Wildman–Crippen MR) is 93.9 cm³/mol. The molecule has 0 unspecified atom stereocenters. The van der Waals surface area contributed by atoms with E-state index in [1.54, 1.807) is 17.3 Å². The SMILES string of the molecule is Cc1nc2c(C)cccn2c1CC(=O)N(C)CCc1ccncc1. The maximum Gasteiger partial charge on any atom is 0.228 e. The molecule has 24 heavy (non-hydrogen) atoms. The Kier molecular flexibility index (Phi) is 4.60. The average molecular weight is 322 g/mol. The van der Waals surface area contributed by atoms with Gasteiger partial charge >= 0.3 is 0 Å². The van der Waals surface area contributed by atoms with E-state index in [1.807, 2.05) is 55.8 Å². The smallest absolute Gasteiger partial charge is 0.228 e. The van der Waals surface area contributed by atoms with Crippen molar-refractivity contribution in [3.05, 3.63) is 65.4 Å². The van der Waals surface area contributed by atoms with Gasteiger partial charge in [0.2, 0.25) is 5.91 Å². The first-order valence-electron chi connectivity index (χ1n) is 8.12. The van der Waals surface area contributed by atoms with Crippen molar-refractivity contribution in [1.82, 2.24) is 19.3 Å². The average Bonchev–Trinajstić information content (AvgIpc) is 2.91. The van der Waals surface area contributed by atoms with Crippen molar-refractivity contribution in [3.8, 4) is 0 Å². The molecule has 0 bridgehead atoms. The van der Waals surface area contributed by atoms with Crippen molar-refractivity contribution in [2.45, 2.75) is 26.7 Å². The third kappa shape index (κ3) is 3.30. The summed E-state index contributed by atoms with van der Waals surface area (Å²) in [7, 11) is 1.85. The van der Waals surface area contributed by atoms with Crippen LogP contribution in [0.3, 0.4) is 0 Å². The molecule has 0 saturated carbocycles. The fourth-order valence-corrected chi connectivity index (χ4v) is 2.83. The Hall–Kier alpha value is -2.69. The molecular formula is C19H22N4O. The van der Waals surface area contributed by atoms with Crippen LogP contribution in [0.5, 0.6) is 0 Å². The summed E-state index contributed by atoms with van der Waals surface area (Å²) in [6.07, 6.45) is 6.73. The normalized spacial score (nSPS) is 11.0. The van der Waals surface area contributed by atoms with E-state index in [1.165, 1.54) is 5.56 Å². The molecule has 1 amide bonds. The lowest BCUT2D eigenvalue weighted by molar-refractivity contribution is -0.129. The fourth-order valence-electron chi connectivity index (χ4n) is 2.83. The Morgan fingerprint density at radius 1 is 1.21 bits per heavy atom. The predicted octanol–water partition coefficient (Wildman–Crippen LogP) is 2.59. The topological polar surface area (TPSA) is 50.5 Å². The van der Waals surface area contributed by atoms with Crippen LogP contribution in [-0.4, -0.2) is 38.8 Å². The first kappa shape index (κ1) is 16.2. The molecule has 0 spiro atoms. The van der Waals surface area contributed by atoms with Crippen LogP contribution in [0.1, 0.15) is 22.5 Å². The highest BCUT2D eigenvalue weighted by Gasteiger charge is 2.16. The van der Waals surface area contributed by atoms with Crippen LogP contribution < -0.4 is 0 Å². The van der Waals surface area contributed by atoms with Gasteiger partial charge in [-0.2, -0.15) is 0 Å². The van der Waals surface area contributed by atoms with Crippen LogP contribution in [0.4, 0.5) is 0 Å². The number of hydrogen-bond donors (Lipinski definition) is 0. The molecular weight excluding hydrogens is 300 g/mol. The van der Waals surface area contributed by atoms with Gasteiger partial charge < -0.3 is 9.30 Å². The largest absolute Gasteiger partial charge is 0.345 e. The zero-order chi connectivity index (χ0) is 17.1. The van der Waals surface area contributed by atoms with Crippen molar-refractivity contribution < 1.29 is 4.79 Å². The Bertz CT molecular complexity index is 854. The van der Waals surface area contributed by atoms with E-state index in [4.69, 9.17) is 0 Å². The Balaban J connectivity index is 1.70. The van der Waals surface area contributed by atoms with Crippen molar-refractivity contribution in [2.24, 2.45) is 0 Å². The summed E-state index contributed by atoms with van der Waals surface area (Å²) < 4.78 is 2.03. The molecule has 0 aliphatic heterocycles. The third-order valence-corrected chi connectivity index (χ3v) is 4.37. The van der Waals surface area contributed by atoms with Gasteiger partial charge in [0.15, 0.2) is 0 Å². The summed E-state index contributed by atoms with van der Waals surface area (Å²) >= 11 is 0. The molecule has 0 aliphatic rings. The van der Waals surface area contributed by atoms with E-state index in [-0.39, 0.29) is 5.91 Å². The van der Waals surface area contributed by atoms with Crippen molar-refractivity contribution in [2.75, 3.05) is 13.6 Å². The second-order valence-electron chi connectivity index (χ2n) is 6.13. The van der Waals surface area contributed by atoms with Gasteiger partial charge in [0.25, 0.3) is 0 Å². The summed E-state index contributed by atoms with van der Waals surface area (Å²) in [5.74, 6) is 0.107. The van der Waals surface area contributed by atoms with E-state index < -0.39 is 0 Å². The number of rotatable bonds is 5. The minimum atomic E-state index is 0.107. The van der Waals surface area contributed by atoms with Crippen LogP contribution in [-0.2, 0) is 17.6 Å². The highest BCUT2D eigenvalue weighted by atomic mass is 16.2. The second kappa shape index (κ2) is 6.83. The Morgan fingerprint density at radius 3 is 2.71 bits per heavy atom. The molecule has 0 N–H and O–H groups in total. The molecule has 124 valence electrons. The molecule has 0 saturated heterocycles. The number of nitrogens with zero attached hydrogens (tertiary/aromatic N) is 4. The van der Waals surface area contributed by atoms with Gasteiger partial charge in [-0.25, -0.2) is 4.98 Å². The van der Waals surface area contributed by atoms with Gasteiger partial charge in [-0.15, -0.1) is 0 Å². The quantitative estimate of drug-likeness (QED) is 0.725. The summed E-state index contributed by atoms with van der Waals surface area (Å²) in [5, 5.41) is 0. The number of aromatic nitrogens is 3. The highest BCUT2D eigenvalue weighted by Crippen LogP contribution is 2.16. The Labute approximate surface area is 142 Å². The molecule has 0 aliphatic carbocycles. The maximum absolute atomic E-state index is 12.6. The molecule has 0 aromatic carbocycles. The number of pyridine rings is 2. The van der Waals surface area contributed by atoms with Gasteiger partial charge in [-0.3, -0.25) is 9.78 Å². The van der Waals surface area contributed by atoms with E-state index in [0.717, 1.165) is 29.0 Å². The zero-order valence-electron chi connectivity index (χ0n) is 14.4. The number of likely N-dealkylation sites (N-methyl/N-ethyl adjacent to an activating group) is 1. The molecule has 3 aromatic heterocycles. The Morgan fingerprint density at radius 2 is 1.96 bits per heavy atom. The number of imidazole rings is 1. The first-order valence-corrected chi connectivity index (χ1v) is 8.12. The first-order chi connectivity index (χ1) is 11.6. The second-order valence-corrected chi connectivity index (χ2v) is 6.13. The number of hydrogen-bond acceptors (Lipinski definition) is 3. The lowest BCUT2D eigenvalue weighted by atomic mass is 10.2. The van der Waals surface area contributed by atoms with Crippen molar-refractivity contribution in [1.29, 1.82) is 0 Å². The van der Waals surface area contributed by atoms with Gasteiger partial charge in [0, 0.05) is 32.2 Å². The monoisotopic (exact) mass is 322 g/mol. The fraction of sp³-hybridized carbons (Fsp3) is 0.316. The van der Waals surface area contributed by atoms with Gasteiger partial charge in [0.05, 0.1) is 17.8 Å². The summed E-state index contributed by atoms with van der Waals surface area (Å²) in [4.78, 5) is 23.0. The van der Waals surface area contributed by atoms with Crippen molar-refractivity contribution >= 4 is 11.6 Å². The third-order valence-electron chi connectivity index (χ3n) is 4.37. The molecule has 3 rings (SSSR count). The van der Waals surface area contributed by atoms with Crippen LogP contribution in [0, 0.1) is 13.8 Å². The lowest BCUT2D eigenvalue weighted by Crippen LogP contribution is -2.30. The van der Waals surface area contributed by atoms with Crippen LogP contribution in [0.25, 0.3) is 5.65 Å². The van der Waals surface area contributed by atoms with Gasteiger partial charge in [0.1, 0.15) is 5.65 Å². The summed E-state index contributed by atoms with van der Waals surface area (Å²) in [5.41, 5.74) is 5.11. The standard InChI is InChI=1S/C19H22N4O/c1-14-5-4-11-23-17(15(2)21-19(14)23)13-18(24)22(3)12-8-16-6-9-20-10-7-16/h4-7,9-11H,8,12-13H2,1-3H3. The minimum Gasteiger partial charge on any atom is -0.345 e. The molecule has 5 heteroatoms. The van der Waals surface area contributed by atoms with Crippen LogP contribution >= 0.6 is 0 Å². The molecule has 0 fully saturated rings. The lowest BCUT2D eigenvalue weighted by Gasteiger charge is -2.17. The van der Waals surface area contributed by atoms with Crippen LogP contribution in [0.15, 0.2) is 42.9 Å². The summed E-state index contributed by atoms with van der Waals surface area (Å²) in [6, 6.07) is 7.99. The number of amides is 1. The number of carbonyl (C=O) groups excluding carboxylic acids is 1. The van der Waals surface area contributed by atoms with E-state index in [0.29, 0.717) is 13.0 Å². The minimum absolute atomic E-state index is 0.107. The van der Waals surface area contributed by atoms with Gasteiger partial charge in [-0.1, -0.05) is 6.07 Å². The van der Waals surface area contributed by atoms with Gasteiger partial charge in [-0.05, 0) is 49.6 Å². The molecule has 3 heterocycles. The molecule has 5 nitrogen and oxygen atoms in total. The number of fused-ring (bicyclic) bond motifs is 1. The maximum atomic E-state index is 12.6. The molecule has 0 radical (unpaired) electrons. The van der Waals surface area contributed by atoms with Crippen molar-refractivity contribution in [3.63, 3.8) is 0 Å².